The smallest absolute Gasteiger partial charge is 0.123 e. The molecule has 2 unspecified atom stereocenters. The van der Waals surface area contributed by atoms with Crippen LogP contribution in [-0.4, -0.2) is 5.25 Å². The Morgan fingerprint density at radius 3 is 2.50 bits per heavy atom. The molecule has 1 aromatic carbocycles. The summed E-state index contributed by atoms with van der Waals surface area (Å²) in [5.74, 6) is 0.129. The number of nitriles is 1. The minimum Gasteiger partial charge on any atom is -0.207 e. The van der Waals surface area contributed by atoms with Crippen LogP contribution in [0.3, 0.4) is 0 Å². The highest BCUT2D eigenvalue weighted by atomic mass is 32.2. The van der Waals surface area contributed by atoms with Gasteiger partial charge in [0.15, 0.2) is 0 Å². The number of hydrogen-bond acceptors (Lipinski definition) is 2. The van der Waals surface area contributed by atoms with Crippen LogP contribution in [0.25, 0.3) is 0 Å². The lowest BCUT2D eigenvalue weighted by molar-refractivity contribution is 0.546. The summed E-state index contributed by atoms with van der Waals surface area (Å²) in [6, 6.07) is 8.63. The van der Waals surface area contributed by atoms with E-state index in [0.717, 1.165) is 17.7 Å². The zero-order valence-corrected chi connectivity index (χ0v) is 10.4. The Balaban J connectivity index is 2.63. The van der Waals surface area contributed by atoms with Gasteiger partial charge in [-0.25, -0.2) is 4.39 Å². The highest BCUT2D eigenvalue weighted by Gasteiger charge is 2.17. The van der Waals surface area contributed by atoms with E-state index in [-0.39, 0.29) is 11.1 Å². The summed E-state index contributed by atoms with van der Waals surface area (Å²) in [4.78, 5) is 0.955. The van der Waals surface area contributed by atoms with Crippen LogP contribution in [0, 0.1) is 23.1 Å². The van der Waals surface area contributed by atoms with Crippen LogP contribution in [0.5, 0.6) is 0 Å². The van der Waals surface area contributed by atoms with Crippen molar-refractivity contribution < 1.29 is 4.39 Å². The Morgan fingerprint density at radius 2 is 2.00 bits per heavy atom. The molecule has 1 aromatic rings. The third-order valence-corrected chi connectivity index (χ3v) is 3.83. The average Bonchev–Trinajstić information content (AvgIpc) is 2.28. The molecule has 0 aliphatic rings. The molecule has 0 aliphatic heterocycles. The Hall–Kier alpha value is -1.01. The first-order chi connectivity index (χ1) is 7.67. The molecule has 1 nitrogen and oxygen atoms in total. The summed E-state index contributed by atoms with van der Waals surface area (Å²) in [5.41, 5.74) is 0. The van der Waals surface area contributed by atoms with E-state index in [1.807, 2.05) is 0 Å². The van der Waals surface area contributed by atoms with Crippen molar-refractivity contribution in [3.63, 3.8) is 0 Å². The van der Waals surface area contributed by atoms with Crippen LogP contribution in [0.1, 0.15) is 26.7 Å². The molecule has 0 saturated heterocycles. The van der Waals surface area contributed by atoms with Crippen LogP contribution in [0.2, 0.25) is 0 Å². The summed E-state index contributed by atoms with van der Waals surface area (Å²) in [6.45, 7) is 4.21. The monoisotopic (exact) mass is 237 g/mol. The summed E-state index contributed by atoms with van der Waals surface area (Å²) in [7, 11) is 0. The van der Waals surface area contributed by atoms with Gasteiger partial charge >= 0.3 is 0 Å². The maximum Gasteiger partial charge on any atom is 0.123 e. The summed E-state index contributed by atoms with van der Waals surface area (Å²) in [5, 5.41) is 9.04. The van der Waals surface area contributed by atoms with Crippen LogP contribution in [-0.2, 0) is 0 Å². The van der Waals surface area contributed by atoms with Crippen molar-refractivity contribution >= 4 is 11.8 Å². The molecule has 16 heavy (non-hydrogen) atoms. The molecule has 0 radical (unpaired) electrons. The number of rotatable bonds is 5. The van der Waals surface area contributed by atoms with Gasteiger partial charge in [0, 0.05) is 4.90 Å². The molecule has 0 fully saturated rings. The third-order valence-electron chi connectivity index (χ3n) is 2.46. The number of hydrogen-bond donors (Lipinski definition) is 0. The van der Waals surface area contributed by atoms with Crippen molar-refractivity contribution in [3.05, 3.63) is 30.1 Å². The van der Waals surface area contributed by atoms with E-state index in [1.165, 1.54) is 23.9 Å². The Morgan fingerprint density at radius 1 is 1.38 bits per heavy atom. The SMILES string of the molecule is CCCC(C)C(C#N)Sc1ccc(F)cc1. The highest BCUT2D eigenvalue weighted by Crippen LogP contribution is 2.29. The second-order valence-electron chi connectivity index (χ2n) is 3.89. The zero-order chi connectivity index (χ0) is 12.0. The first-order valence-electron chi connectivity index (χ1n) is 5.49. The van der Waals surface area contributed by atoms with Gasteiger partial charge in [-0.3, -0.25) is 0 Å². The molecule has 0 spiro atoms. The van der Waals surface area contributed by atoms with Crippen molar-refractivity contribution in [1.29, 1.82) is 5.26 Å². The fourth-order valence-corrected chi connectivity index (χ4v) is 2.54. The van der Waals surface area contributed by atoms with Crippen LogP contribution >= 0.6 is 11.8 Å². The molecule has 2 atom stereocenters. The second-order valence-corrected chi connectivity index (χ2v) is 5.10. The van der Waals surface area contributed by atoms with E-state index < -0.39 is 0 Å². The van der Waals surface area contributed by atoms with Gasteiger partial charge in [0.25, 0.3) is 0 Å². The van der Waals surface area contributed by atoms with Gasteiger partial charge in [0.2, 0.25) is 0 Å². The van der Waals surface area contributed by atoms with E-state index in [4.69, 9.17) is 5.26 Å². The van der Waals surface area contributed by atoms with Crippen molar-refractivity contribution in [3.8, 4) is 6.07 Å². The van der Waals surface area contributed by atoms with Gasteiger partial charge in [0.1, 0.15) is 5.82 Å². The Kier molecular flexibility index (Phi) is 5.34. The molecule has 3 heteroatoms. The molecule has 0 aromatic heterocycles. The first kappa shape index (κ1) is 13.1. The molecule has 0 aliphatic carbocycles. The van der Waals surface area contributed by atoms with Gasteiger partial charge < -0.3 is 0 Å². The first-order valence-corrected chi connectivity index (χ1v) is 6.37. The lowest BCUT2D eigenvalue weighted by atomic mass is 10.0. The van der Waals surface area contributed by atoms with Gasteiger partial charge in [-0.05, 0) is 36.6 Å². The summed E-state index contributed by atoms with van der Waals surface area (Å²) >= 11 is 1.52. The summed E-state index contributed by atoms with van der Waals surface area (Å²) in [6.07, 6.45) is 2.13. The second kappa shape index (κ2) is 6.55. The van der Waals surface area contributed by atoms with Gasteiger partial charge in [-0.1, -0.05) is 20.3 Å². The van der Waals surface area contributed by atoms with Crippen molar-refractivity contribution in [2.75, 3.05) is 0 Å². The van der Waals surface area contributed by atoms with Crippen molar-refractivity contribution in [2.45, 2.75) is 36.8 Å². The Labute approximate surface area is 101 Å². The van der Waals surface area contributed by atoms with Gasteiger partial charge in [0.05, 0.1) is 11.3 Å². The van der Waals surface area contributed by atoms with E-state index in [9.17, 15) is 4.39 Å². The topological polar surface area (TPSA) is 23.8 Å². The molecule has 0 N–H and O–H groups in total. The van der Waals surface area contributed by atoms with Crippen LogP contribution in [0.15, 0.2) is 29.2 Å². The zero-order valence-electron chi connectivity index (χ0n) is 9.61. The third kappa shape index (κ3) is 3.86. The number of benzene rings is 1. The molecule has 0 bridgehead atoms. The predicted octanol–water partition coefficient (Wildman–Crippen LogP) is 4.25. The molecular formula is C13H16FNS. The lowest BCUT2D eigenvalue weighted by Crippen LogP contribution is -2.11. The molecule has 1 rings (SSSR count). The molecular weight excluding hydrogens is 221 g/mol. The normalized spacial score (nSPS) is 14.1. The van der Waals surface area contributed by atoms with Gasteiger partial charge in [-0.15, -0.1) is 11.8 Å². The van der Waals surface area contributed by atoms with Crippen LogP contribution in [0.4, 0.5) is 4.39 Å². The largest absolute Gasteiger partial charge is 0.207 e. The summed E-state index contributed by atoms with van der Waals surface area (Å²) < 4.78 is 12.7. The van der Waals surface area contributed by atoms with E-state index >= 15 is 0 Å². The number of nitrogens with zero attached hydrogens (tertiary/aromatic N) is 1. The lowest BCUT2D eigenvalue weighted by Gasteiger charge is -2.16. The highest BCUT2D eigenvalue weighted by molar-refractivity contribution is 8.00. The predicted molar refractivity (Wildman–Crippen MR) is 65.7 cm³/mol. The molecule has 0 heterocycles. The maximum absolute atomic E-state index is 12.7. The molecule has 0 amide bonds. The standard InChI is InChI=1S/C13H16FNS/c1-3-4-10(2)13(9-15)16-12-7-5-11(14)6-8-12/h5-8,10,13H,3-4H2,1-2H3. The van der Waals surface area contributed by atoms with E-state index in [2.05, 4.69) is 19.9 Å². The maximum atomic E-state index is 12.7. The number of thioether (sulfide) groups is 1. The molecule has 0 saturated carbocycles. The van der Waals surface area contributed by atoms with E-state index in [0.29, 0.717) is 5.92 Å². The minimum absolute atomic E-state index is 0.0505. The van der Waals surface area contributed by atoms with Crippen molar-refractivity contribution in [2.24, 2.45) is 5.92 Å². The molecule has 86 valence electrons. The van der Waals surface area contributed by atoms with E-state index in [1.54, 1.807) is 12.1 Å². The van der Waals surface area contributed by atoms with Crippen LogP contribution < -0.4 is 0 Å². The number of halogens is 1. The quantitative estimate of drug-likeness (QED) is 0.715. The Bertz CT molecular complexity index is 355. The minimum atomic E-state index is -0.237. The average molecular weight is 237 g/mol. The fourth-order valence-electron chi connectivity index (χ4n) is 1.54. The van der Waals surface area contributed by atoms with Gasteiger partial charge in [-0.2, -0.15) is 5.26 Å². The fraction of sp³-hybridized carbons (Fsp3) is 0.462. The van der Waals surface area contributed by atoms with Crippen molar-refractivity contribution in [1.82, 2.24) is 0 Å².